The standard InChI is InChI=1S/C10H16N2O/c1-7-9(10(2,3)4)8(5-13)12-6-11-7/h6,13H,5H2,1-4H3. The fraction of sp³-hybridized carbons (Fsp3) is 0.600. The van der Waals surface area contributed by atoms with Crippen LogP contribution in [0.25, 0.3) is 0 Å². The predicted molar refractivity (Wildman–Crippen MR) is 51.4 cm³/mol. The first-order valence-electron chi connectivity index (χ1n) is 4.38. The number of hydrogen-bond donors (Lipinski definition) is 1. The van der Waals surface area contributed by atoms with E-state index in [1.54, 1.807) is 0 Å². The second kappa shape index (κ2) is 3.42. The molecule has 1 aromatic rings. The molecule has 0 aliphatic rings. The summed E-state index contributed by atoms with van der Waals surface area (Å²) in [5.74, 6) is 0. The van der Waals surface area contributed by atoms with Crippen molar-refractivity contribution in [3.63, 3.8) is 0 Å². The van der Waals surface area contributed by atoms with Crippen LogP contribution in [0.1, 0.15) is 37.7 Å². The van der Waals surface area contributed by atoms with Crippen molar-refractivity contribution in [2.45, 2.75) is 39.7 Å². The molecule has 1 heterocycles. The van der Waals surface area contributed by atoms with Gasteiger partial charge in [-0.3, -0.25) is 0 Å². The summed E-state index contributed by atoms with van der Waals surface area (Å²) in [6, 6.07) is 0. The van der Waals surface area contributed by atoms with Crippen molar-refractivity contribution in [2.24, 2.45) is 0 Å². The second-order valence-electron chi connectivity index (χ2n) is 4.19. The third-order valence-electron chi connectivity index (χ3n) is 2.02. The second-order valence-corrected chi connectivity index (χ2v) is 4.19. The van der Waals surface area contributed by atoms with E-state index in [9.17, 15) is 0 Å². The quantitative estimate of drug-likeness (QED) is 0.713. The summed E-state index contributed by atoms with van der Waals surface area (Å²) in [7, 11) is 0. The van der Waals surface area contributed by atoms with Crippen LogP contribution in [0.15, 0.2) is 6.33 Å². The molecule has 0 atom stereocenters. The Kier molecular flexibility index (Phi) is 2.66. The third kappa shape index (κ3) is 2.04. The highest BCUT2D eigenvalue weighted by molar-refractivity contribution is 5.30. The van der Waals surface area contributed by atoms with Gasteiger partial charge >= 0.3 is 0 Å². The molecule has 0 radical (unpaired) electrons. The summed E-state index contributed by atoms with van der Waals surface area (Å²) in [4.78, 5) is 8.20. The first-order chi connectivity index (χ1) is 5.96. The molecule has 1 N–H and O–H groups in total. The van der Waals surface area contributed by atoms with Crippen LogP contribution in [-0.4, -0.2) is 15.1 Å². The molecule has 0 aliphatic heterocycles. The van der Waals surface area contributed by atoms with E-state index >= 15 is 0 Å². The first-order valence-corrected chi connectivity index (χ1v) is 4.38. The zero-order chi connectivity index (χ0) is 10.1. The summed E-state index contributed by atoms with van der Waals surface area (Å²) in [5.41, 5.74) is 2.73. The van der Waals surface area contributed by atoms with Gasteiger partial charge in [-0.2, -0.15) is 0 Å². The van der Waals surface area contributed by atoms with Gasteiger partial charge in [0.1, 0.15) is 6.33 Å². The lowest BCUT2D eigenvalue weighted by Crippen LogP contribution is -2.18. The van der Waals surface area contributed by atoms with Crippen LogP contribution in [0.5, 0.6) is 0 Å². The number of aliphatic hydroxyl groups excluding tert-OH is 1. The number of rotatable bonds is 1. The Morgan fingerprint density at radius 2 is 1.92 bits per heavy atom. The fourth-order valence-corrected chi connectivity index (χ4v) is 1.62. The summed E-state index contributed by atoms with van der Waals surface area (Å²) in [6.07, 6.45) is 1.50. The molecule has 3 nitrogen and oxygen atoms in total. The van der Waals surface area contributed by atoms with Gasteiger partial charge in [0.25, 0.3) is 0 Å². The molecule has 1 rings (SSSR count). The topological polar surface area (TPSA) is 46.0 Å². The van der Waals surface area contributed by atoms with E-state index in [1.807, 2.05) is 6.92 Å². The van der Waals surface area contributed by atoms with Gasteiger partial charge < -0.3 is 5.11 Å². The monoisotopic (exact) mass is 180 g/mol. The minimum Gasteiger partial charge on any atom is -0.390 e. The molecule has 0 spiro atoms. The summed E-state index contributed by atoms with van der Waals surface area (Å²) < 4.78 is 0. The minimum absolute atomic E-state index is 0.0105. The highest BCUT2D eigenvalue weighted by atomic mass is 16.3. The van der Waals surface area contributed by atoms with Crippen LogP contribution >= 0.6 is 0 Å². The van der Waals surface area contributed by atoms with E-state index in [0.717, 1.165) is 17.0 Å². The lowest BCUT2D eigenvalue weighted by molar-refractivity contribution is 0.272. The predicted octanol–water partition coefficient (Wildman–Crippen LogP) is 1.57. The smallest absolute Gasteiger partial charge is 0.116 e. The summed E-state index contributed by atoms with van der Waals surface area (Å²) in [6.45, 7) is 8.21. The van der Waals surface area contributed by atoms with E-state index < -0.39 is 0 Å². The normalized spacial score (nSPS) is 11.8. The van der Waals surface area contributed by atoms with Crippen LogP contribution in [-0.2, 0) is 12.0 Å². The maximum absolute atomic E-state index is 9.12. The van der Waals surface area contributed by atoms with Gasteiger partial charge in [-0.05, 0) is 12.3 Å². The number of nitrogens with zero attached hydrogens (tertiary/aromatic N) is 2. The Bertz CT molecular complexity index is 302. The zero-order valence-electron chi connectivity index (χ0n) is 8.63. The minimum atomic E-state index is -0.0179. The molecule has 0 saturated heterocycles. The van der Waals surface area contributed by atoms with Gasteiger partial charge in [-0.15, -0.1) is 0 Å². The summed E-state index contributed by atoms with van der Waals surface area (Å²) >= 11 is 0. The highest BCUT2D eigenvalue weighted by Crippen LogP contribution is 2.26. The van der Waals surface area contributed by atoms with Crippen molar-refractivity contribution < 1.29 is 5.11 Å². The SMILES string of the molecule is Cc1ncnc(CO)c1C(C)(C)C. The highest BCUT2D eigenvalue weighted by Gasteiger charge is 2.21. The molecule has 0 aliphatic carbocycles. The molecule has 3 heteroatoms. The Morgan fingerprint density at radius 1 is 1.31 bits per heavy atom. The maximum atomic E-state index is 9.12. The van der Waals surface area contributed by atoms with E-state index in [4.69, 9.17) is 5.11 Å². The number of aryl methyl sites for hydroxylation is 1. The largest absolute Gasteiger partial charge is 0.390 e. The van der Waals surface area contributed by atoms with Crippen molar-refractivity contribution in [2.75, 3.05) is 0 Å². The van der Waals surface area contributed by atoms with Crippen molar-refractivity contribution in [1.29, 1.82) is 0 Å². The molecule has 0 amide bonds. The third-order valence-corrected chi connectivity index (χ3v) is 2.02. The molecular formula is C10H16N2O. The number of hydrogen-bond acceptors (Lipinski definition) is 3. The van der Waals surface area contributed by atoms with Gasteiger partial charge in [0.15, 0.2) is 0 Å². The van der Waals surface area contributed by atoms with Crippen molar-refractivity contribution in [3.8, 4) is 0 Å². The van der Waals surface area contributed by atoms with E-state index in [0.29, 0.717) is 0 Å². The molecular weight excluding hydrogens is 164 g/mol. The van der Waals surface area contributed by atoms with E-state index in [2.05, 4.69) is 30.7 Å². The lowest BCUT2D eigenvalue weighted by atomic mass is 9.85. The Morgan fingerprint density at radius 3 is 2.31 bits per heavy atom. The number of aromatic nitrogens is 2. The molecule has 1 aromatic heterocycles. The van der Waals surface area contributed by atoms with Gasteiger partial charge in [-0.1, -0.05) is 20.8 Å². The Hall–Kier alpha value is -0.960. The van der Waals surface area contributed by atoms with Gasteiger partial charge in [-0.25, -0.2) is 9.97 Å². The van der Waals surface area contributed by atoms with Gasteiger partial charge in [0.05, 0.1) is 12.3 Å². The Labute approximate surface area is 78.9 Å². The average Bonchev–Trinajstić information content (AvgIpc) is 2.01. The number of aliphatic hydroxyl groups is 1. The van der Waals surface area contributed by atoms with Crippen LogP contribution in [0.4, 0.5) is 0 Å². The van der Waals surface area contributed by atoms with Crippen LogP contribution in [0.2, 0.25) is 0 Å². The molecule has 0 bridgehead atoms. The van der Waals surface area contributed by atoms with Crippen molar-refractivity contribution in [3.05, 3.63) is 23.3 Å². The molecule has 0 fully saturated rings. The molecule has 72 valence electrons. The van der Waals surface area contributed by atoms with E-state index in [-0.39, 0.29) is 12.0 Å². The van der Waals surface area contributed by atoms with Crippen LogP contribution in [0.3, 0.4) is 0 Å². The van der Waals surface area contributed by atoms with Crippen molar-refractivity contribution in [1.82, 2.24) is 9.97 Å². The van der Waals surface area contributed by atoms with Crippen molar-refractivity contribution >= 4 is 0 Å². The van der Waals surface area contributed by atoms with E-state index in [1.165, 1.54) is 6.33 Å². The lowest BCUT2D eigenvalue weighted by Gasteiger charge is -2.22. The Balaban J connectivity index is 3.32. The molecule has 0 saturated carbocycles. The molecule has 13 heavy (non-hydrogen) atoms. The first kappa shape index (κ1) is 10.1. The molecule has 0 aromatic carbocycles. The fourth-order valence-electron chi connectivity index (χ4n) is 1.62. The molecule has 0 unspecified atom stereocenters. The maximum Gasteiger partial charge on any atom is 0.116 e. The van der Waals surface area contributed by atoms with Gasteiger partial charge in [0.2, 0.25) is 0 Å². The average molecular weight is 180 g/mol. The summed E-state index contributed by atoms with van der Waals surface area (Å²) in [5, 5.41) is 9.12. The zero-order valence-corrected chi connectivity index (χ0v) is 8.63. The van der Waals surface area contributed by atoms with Crippen LogP contribution in [0, 0.1) is 6.92 Å². The van der Waals surface area contributed by atoms with Crippen LogP contribution < -0.4 is 0 Å². The van der Waals surface area contributed by atoms with Gasteiger partial charge in [0, 0.05) is 11.3 Å².